The van der Waals surface area contributed by atoms with E-state index in [2.05, 4.69) is 28.8 Å². The number of likely N-dealkylation sites (N-methyl/N-ethyl adjacent to an activating group) is 2. The van der Waals surface area contributed by atoms with E-state index in [1.807, 2.05) is 7.05 Å². The third-order valence-corrected chi connectivity index (χ3v) is 3.25. The SMILES string of the molecule is CNC(=O)C(NC)c1ccc2c(c1)CCC2. The van der Waals surface area contributed by atoms with Gasteiger partial charge in [-0.2, -0.15) is 0 Å². The molecule has 0 saturated carbocycles. The Kier molecular flexibility index (Phi) is 3.25. The van der Waals surface area contributed by atoms with E-state index in [0.29, 0.717) is 0 Å². The van der Waals surface area contributed by atoms with Gasteiger partial charge in [0.1, 0.15) is 6.04 Å². The van der Waals surface area contributed by atoms with E-state index < -0.39 is 0 Å². The van der Waals surface area contributed by atoms with Crippen molar-refractivity contribution in [3.05, 3.63) is 34.9 Å². The second-order valence-electron chi connectivity index (χ2n) is 4.22. The van der Waals surface area contributed by atoms with Gasteiger partial charge < -0.3 is 10.6 Å². The lowest BCUT2D eigenvalue weighted by Crippen LogP contribution is -2.33. The van der Waals surface area contributed by atoms with Crippen LogP contribution in [0.5, 0.6) is 0 Å². The molecule has 1 aliphatic rings. The molecule has 1 aromatic carbocycles. The van der Waals surface area contributed by atoms with E-state index in [4.69, 9.17) is 0 Å². The summed E-state index contributed by atoms with van der Waals surface area (Å²) in [7, 11) is 3.48. The van der Waals surface area contributed by atoms with Crippen LogP contribution in [-0.4, -0.2) is 20.0 Å². The van der Waals surface area contributed by atoms with Gasteiger partial charge in [-0.3, -0.25) is 4.79 Å². The fourth-order valence-corrected chi connectivity index (χ4v) is 2.36. The van der Waals surface area contributed by atoms with Crippen molar-refractivity contribution in [1.29, 1.82) is 0 Å². The summed E-state index contributed by atoms with van der Waals surface area (Å²) in [4.78, 5) is 11.7. The number of hydrogen-bond acceptors (Lipinski definition) is 2. The summed E-state index contributed by atoms with van der Waals surface area (Å²) in [6, 6.07) is 6.14. The lowest BCUT2D eigenvalue weighted by Gasteiger charge is -2.16. The minimum atomic E-state index is -0.240. The van der Waals surface area contributed by atoms with E-state index in [1.54, 1.807) is 7.05 Å². The Balaban J connectivity index is 2.29. The van der Waals surface area contributed by atoms with Crippen LogP contribution in [0.25, 0.3) is 0 Å². The largest absolute Gasteiger partial charge is 0.358 e. The first-order valence-corrected chi connectivity index (χ1v) is 5.77. The highest BCUT2D eigenvalue weighted by Crippen LogP contribution is 2.25. The molecule has 1 aromatic rings. The summed E-state index contributed by atoms with van der Waals surface area (Å²) in [5.74, 6) is 0.0143. The number of carbonyl (C=O) groups excluding carboxylic acids is 1. The highest BCUT2D eigenvalue weighted by Gasteiger charge is 2.19. The molecular weight excluding hydrogens is 200 g/mol. The molecule has 1 amide bonds. The molecule has 0 fully saturated rings. The van der Waals surface area contributed by atoms with Crippen molar-refractivity contribution in [3.8, 4) is 0 Å². The van der Waals surface area contributed by atoms with Crippen molar-refractivity contribution in [2.75, 3.05) is 14.1 Å². The average Bonchev–Trinajstić information content (AvgIpc) is 2.77. The maximum absolute atomic E-state index is 11.7. The molecule has 2 rings (SSSR count). The zero-order chi connectivity index (χ0) is 11.5. The van der Waals surface area contributed by atoms with Crippen LogP contribution < -0.4 is 10.6 Å². The molecule has 0 saturated heterocycles. The third-order valence-electron chi connectivity index (χ3n) is 3.25. The van der Waals surface area contributed by atoms with Gasteiger partial charge in [0.25, 0.3) is 0 Å². The van der Waals surface area contributed by atoms with Crippen molar-refractivity contribution in [3.63, 3.8) is 0 Å². The van der Waals surface area contributed by atoms with Crippen molar-refractivity contribution >= 4 is 5.91 Å². The maximum atomic E-state index is 11.7. The standard InChI is InChI=1S/C13H18N2O/c1-14-12(13(16)15-2)11-7-6-9-4-3-5-10(9)8-11/h6-8,12,14H,3-5H2,1-2H3,(H,15,16). The highest BCUT2D eigenvalue weighted by atomic mass is 16.2. The minimum absolute atomic E-state index is 0.0143. The molecule has 16 heavy (non-hydrogen) atoms. The van der Waals surface area contributed by atoms with Crippen molar-refractivity contribution in [2.24, 2.45) is 0 Å². The monoisotopic (exact) mass is 218 g/mol. The number of amides is 1. The number of aryl methyl sites for hydroxylation is 2. The van der Waals surface area contributed by atoms with Gasteiger partial charge in [0.15, 0.2) is 0 Å². The van der Waals surface area contributed by atoms with Gasteiger partial charge >= 0.3 is 0 Å². The maximum Gasteiger partial charge on any atom is 0.241 e. The molecule has 0 bridgehead atoms. The topological polar surface area (TPSA) is 41.1 Å². The van der Waals surface area contributed by atoms with Gasteiger partial charge in [0.05, 0.1) is 0 Å². The Morgan fingerprint density at radius 1 is 1.25 bits per heavy atom. The van der Waals surface area contributed by atoms with E-state index in [-0.39, 0.29) is 11.9 Å². The average molecular weight is 218 g/mol. The summed E-state index contributed by atoms with van der Waals surface area (Å²) in [6.07, 6.45) is 3.57. The van der Waals surface area contributed by atoms with Gasteiger partial charge in [0, 0.05) is 7.05 Å². The van der Waals surface area contributed by atoms with Gasteiger partial charge in [0.2, 0.25) is 5.91 Å². The first-order chi connectivity index (χ1) is 7.76. The molecule has 2 N–H and O–H groups in total. The summed E-state index contributed by atoms with van der Waals surface area (Å²) < 4.78 is 0. The Morgan fingerprint density at radius 2 is 2.00 bits per heavy atom. The molecule has 3 heteroatoms. The van der Waals surface area contributed by atoms with Crippen molar-refractivity contribution in [2.45, 2.75) is 25.3 Å². The molecule has 86 valence electrons. The minimum Gasteiger partial charge on any atom is -0.358 e. The predicted octanol–water partition coefficient (Wildman–Crippen LogP) is 1.18. The van der Waals surface area contributed by atoms with Crippen LogP contribution in [0.15, 0.2) is 18.2 Å². The van der Waals surface area contributed by atoms with Crippen LogP contribution in [-0.2, 0) is 17.6 Å². The van der Waals surface area contributed by atoms with Crippen LogP contribution in [0.2, 0.25) is 0 Å². The lowest BCUT2D eigenvalue weighted by molar-refractivity contribution is -0.122. The van der Waals surface area contributed by atoms with Gasteiger partial charge in [-0.25, -0.2) is 0 Å². The first kappa shape index (κ1) is 11.1. The van der Waals surface area contributed by atoms with E-state index in [1.165, 1.54) is 24.0 Å². The molecule has 0 radical (unpaired) electrons. The van der Waals surface area contributed by atoms with Crippen LogP contribution in [0, 0.1) is 0 Å². The molecule has 1 unspecified atom stereocenters. The molecule has 0 aliphatic heterocycles. The zero-order valence-electron chi connectivity index (χ0n) is 9.84. The molecule has 1 aliphatic carbocycles. The lowest BCUT2D eigenvalue weighted by atomic mass is 10.0. The molecule has 0 spiro atoms. The molecular formula is C13H18N2O. The van der Waals surface area contributed by atoms with E-state index in [0.717, 1.165) is 12.0 Å². The highest BCUT2D eigenvalue weighted by molar-refractivity contribution is 5.83. The molecule has 0 heterocycles. The summed E-state index contributed by atoms with van der Waals surface area (Å²) in [5, 5.41) is 5.73. The Bertz CT molecular complexity index is 401. The summed E-state index contributed by atoms with van der Waals surface area (Å²) in [6.45, 7) is 0. The van der Waals surface area contributed by atoms with Gasteiger partial charge in [-0.05, 0) is 43.0 Å². The Labute approximate surface area is 96.2 Å². The smallest absolute Gasteiger partial charge is 0.241 e. The quantitative estimate of drug-likeness (QED) is 0.800. The Hall–Kier alpha value is -1.35. The van der Waals surface area contributed by atoms with Crippen LogP contribution in [0.4, 0.5) is 0 Å². The van der Waals surface area contributed by atoms with E-state index in [9.17, 15) is 4.79 Å². The number of carbonyl (C=O) groups is 1. The molecule has 3 nitrogen and oxygen atoms in total. The van der Waals surface area contributed by atoms with Crippen molar-refractivity contribution < 1.29 is 4.79 Å². The summed E-state index contributed by atoms with van der Waals surface area (Å²) in [5.41, 5.74) is 3.90. The second-order valence-corrected chi connectivity index (χ2v) is 4.22. The van der Waals surface area contributed by atoms with Crippen molar-refractivity contribution in [1.82, 2.24) is 10.6 Å². The fraction of sp³-hybridized carbons (Fsp3) is 0.462. The first-order valence-electron chi connectivity index (χ1n) is 5.77. The number of nitrogens with one attached hydrogen (secondary N) is 2. The number of rotatable bonds is 3. The number of hydrogen-bond donors (Lipinski definition) is 2. The number of benzene rings is 1. The Morgan fingerprint density at radius 3 is 2.69 bits per heavy atom. The number of fused-ring (bicyclic) bond motifs is 1. The predicted molar refractivity (Wildman–Crippen MR) is 64.3 cm³/mol. The van der Waals surface area contributed by atoms with Gasteiger partial charge in [-0.15, -0.1) is 0 Å². The van der Waals surface area contributed by atoms with Crippen LogP contribution in [0.3, 0.4) is 0 Å². The van der Waals surface area contributed by atoms with E-state index >= 15 is 0 Å². The third kappa shape index (κ3) is 1.95. The molecule has 1 atom stereocenters. The van der Waals surface area contributed by atoms with Crippen LogP contribution in [0.1, 0.15) is 29.2 Å². The van der Waals surface area contributed by atoms with Crippen LogP contribution >= 0.6 is 0 Å². The normalized spacial score (nSPS) is 15.6. The summed E-state index contributed by atoms with van der Waals surface area (Å²) >= 11 is 0. The molecule has 0 aromatic heterocycles. The second kappa shape index (κ2) is 4.66. The van der Waals surface area contributed by atoms with Gasteiger partial charge in [-0.1, -0.05) is 18.2 Å². The fourth-order valence-electron chi connectivity index (χ4n) is 2.36. The zero-order valence-corrected chi connectivity index (χ0v) is 9.84.